The highest BCUT2D eigenvalue weighted by atomic mass is 16.3. The van der Waals surface area contributed by atoms with Crippen molar-refractivity contribution in [1.29, 1.82) is 0 Å². The maximum absolute atomic E-state index is 12.3. The molecule has 2 heterocycles. The number of H-pyrrole nitrogens is 2. The molecule has 6 heteroatoms. The van der Waals surface area contributed by atoms with Gasteiger partial charge in [0.15, 0.2) is 0 Å². The molecule has 0 spiro atoms. The number of nitrogens with one attached hydrogen (secondary N) is 2. The Labute approximate surface area is 133 Å². The van der Waals surface area contributed by atoms with E-state index in [4.69, 9.17) is 0 Å². The van der Waals surface area contributed by atoms with Crippen LogP contribution in [-0.2, 0) is 0 Å². The van der Waals surface area contributed by atoms with Crippen molar-refractivity contribution in [3.8, 4) is 11.5 Å². The van der Waals surface area contributed by atoms with E-state index in [0.29, 0.717) is 17.8 Å². The predicted molar refractivity (Wildman–Crippen MR) is 88.2 cm³/mol. The summed E-state index contributed by atoms with van der Waals surface area (Å²) in [6.07, 6.45) is 0.444. The minimum Gasteiger partial charge on any atom is -0.507 e. The van der Waals surface area contributed by atoms with Crippen molar-refractivity contribution in [2.75, 3.05) is 0 Å². The van der Waals surface area contributed by atoms with E-state index in [0.717, 1.165) is 0 Å². The van der Waals surface area contributed by atoms with E-state index in [1.807, 2.05) is 13.8 Å². The van der Waals surface area contributed by atoms with Crippen LogP contribution in [0.3, 0.4) is 0 Å². The first-order chi connectivity index (χ1) is 10.7. The van der Waals surface area contributed by atoms with Gasteiger partial charge in [0.1, 0.15) is 11.5 Å². The molecule has 0 atom stereocenters. The van der Waals surface area contributed by atoms with Crippen molar-refractivity contribution in [1.82, 2.24) is 9.97 Å². The summed E-state index contributed by atoms with van der Waals surface area (Å²) in [7, 11) is 0. The fourth-order valence-corrected chi connectivity index (χ4v) is 2.89. The quantitative estimate of drug-likeness (QED) is 0.693. The van der Waals surface area contributed by atoms with Gasteiger partial charge in [-0.3, -0.25) is 9.59 Å². The van der Waals surface area contributed by atoms with E-state index in [9.17, 15) is 19.8 Å². The van der Waals surface area contributed by atoms with Gasteiger partial charge in [0.25, 0.3) is 11.1 Å². The minimum atomic E-state index is -0.691. The van der Waals surface area contributed by atoms with E-state index in [1.165, 1.54) is 12.1 Å². The third kappa shape index (κ3) is 3.47. The summed E-state index contributed by atoms with van der Waals surface area (Å²) in [6.45, 7) is 7.23. The van der Waals surface area contributed by atoms with Crippen molar-refractivity contribution >= 4 is 0 Å². The fourth-order valence-electron chi connectivity index (χ4n) is 2.89. The topological polar surface area (TPSA) is 106 Å². The Bertz CT molecular complexity index is 768. The Kier molecular flexibility index (Phi) is 4.63. The number of aromatic hydroxyl groups is 2. The van der Waals surface area contributed by atoms with E-state index >= 15 is 0 Å². The molecule has 0 amide bonds. The molecule has 6 nitrogen and oxygen atoms in total. The van der Waals surface area contributed by atoms with Gasteiger partial charge < -0.3 is 20.2 Å². The standard InChI is InChI=1S/C17H22N2O4/c1-8(2)5-11(14-12(20)6-9(3)18-16(14)22)15-13(21)7-10(4)19-17(15)23/h6-8,11H,5H2,1-4H3,(H2,18,20,22)(H2,19,21,23). The van der Waals surface area contributed by atoms with Gasteiger partial charge in [-0.1, -0.05) is 13.8 Å². The first kappa shape index (κ1) is 16.9. The normalized spacial score (nSPS) is 11.4. The molecule has 0 bridgehead atoms. The lowest BCUT2D eigenvalue weighted by molar-refractivity contribution is 0.434. The first-order valence-corrected chi connectivity index (χ1v) is 7.56. The molecule has 2 aromatic heterocycles. The van der Waals surface area contributed by atoms with E-state index in [1.54, 1.807) is 13.8 Å². The zero-order chi connectivity index (χ0) is 17.3. The monoisotopic (exact) mass is 318 g/mol. The lowest BCUT2D eigenvalue weighted by Gasteiger charge is -2.20. The Morgan fingerprint density at radius 1 is 0.913 bits per heavy atom. The molecule has 0 radical (unpaired) electrons. The average molecular weight is 318 g/mol. The number of aryl methyl sites for hydroxylation is 2. The van der Waals surface area contributed by atoms with Gasteiger partial charge in [0.05, 0.1) is 11.1 Å². The number of rotatable bonds is 4. The number of aromatic amines is 2. The number of hydrogen-bond acceptors (Lipinski definition) is 4. The maximum atomic E-state index is 12.3. The highest BCUT2D eigenvalue weighted by molar-refractivity contribution is 5.45. The highest BCUT2D eigenvalue weighted by Crippen LogP contribution is 2.36. The summed E-state index contributed by atoms with van der Waals surface area (Å²) >= 11 is 0. The minimum absolute atomic E-state index is 0.106. The molecule has 2 aromatic rings. The van der Waals surface area contributed by atoms with Crippen LogP contribution in [0.2, 0.25) is 0 Å². The molecule has 0 aliphatic heterocycles. The molecule has 0 unspecified atom stereocenters. The molecule has 0 fully saturated rings. The molecule has 0 aliphatic carbocycles. The van der Waals surface area contributed by atoms with Crippen LogP contribution >= 0.6 is 0 Å². The van der Waals surface area contributed by atoms with Gasteiger partial charge >= 0.3 is 0 Å². The van der Waals surface area contributed by atoms with Crippen molar-refractivity contribution in [2.45, 2.75) is 40.0 Å². The third-order valence-electron chi connectivity index (χ3n) is 3.77. The zero-order valence-electron chi connectivity index (χ0n) is 13.7. The number of hydrogen-bond donors (Lipinski definition) is 4. The molecule has 0 saturated carbocycles. The van der Waals surface area contributed by atoms with Crippen LogP contribution in [0.25, 0.3) is 0 Å². The molecule has 2 rings (SSSR count). The van der Waals surface area contributed by atoms with Crippen LogP contribution < -0.4 is 11.1 Å². The molecule has 4 N–H and O–H groups in total. The smallest absolute Gasteiger partial charge is 0.255 e. The summed E-state index contributed by atoms with van der Waals surface area (Å²) in [6, 6.07) is 2.90. The van der Waals surface area contributed by atoms with Crippen LogP contribution in [0.4, 0.5) is 0 Å². The summed E-state index contributed by atoms with van der Waals surface area (Å²) in [5.41, 5.74) is 0.367. The van der Waals surface area contributed by atoms with Crippen LogP contribution in [-0.4, -0.2) is 20.2 Å². The van der Waals surface area contributed by atoms with Gasteiger partial charge in [0, 0.05) is 17.3 Å². The van der Waals surface area contributed by atoms with Gasteiger partial charge in [-0.15, -0.1) is 0 Å². The Morgan fingerprint density at radius 2 is 1.30 bits per heavy atom. The lowest BCUT2D eigenvalue weighted by Crippen LogP contribution is -2.25. The molecule has 124 valence electrons. The predicted octanol–water partition coefficient (Wildman–Crippen LogP) is 2.27. The Morgan fingerprint density at radius 3 is 1.61 bits per heavy atom. The van der Waals surface area contributed by atoms with E-state index in [2.05, 4.69) is 9.97 Å². The maximum Gasteiger partial charge on any atom is 0.255 e. The van der Waals surface area contributed by atoms with Gasteiger partial charge in [-0.25, -0.2) is 0 Å². The van der Waals surface area contributed by atoms with Crippen LogP contribution in [0, 0.1) is 19.8 Å². The van der Waals surface area contributed by atoms with Gasteiger partial charge in [0.2, 0.25) is 0 Å². The second-order valence-corrected chi connectivity index (χ2v) is 6.34. The SMILES string of the molecule is Cc1cc(O)c(C(CC(C)C)c2c(O)cc(C)[nH]c2=O)c(=O)[nH]1. The largest absolute Gasteiger partial charge is 0.507 e. The summed E-state index contributed by atoms with van der Waals surface area (Å²) in [4.78, 5) is 30.0. The summed E-state index contributed by atoms with van der Waals surface area (Å²) in [5.74, 6) is -0.878. The highest BCUT2D eigenvalue weighted by Gasteiger charge is 2.27. The van der Waals surface area contributed by atoms with Crippen LogP contribution in [0.5, 0.6) is 11.5 Å². The van der Waals surface area contributed by atoms with Crippen molar-refractivity contribution in [3.63, 3.8) is 0 Å². The van der Waals surface area contributed by atoms with Gasteiger partial charge in [-0.2, -0.15) is 0 Å². The molecular weight excluding hydrogens is 296 g/mol. The van der Waals surface area contributed by atoms with E-state index < -0.39 is 17.0 Å². The molecule has 0 aromatic carbocycles. The van der Waals surface area contributed by atoms with Crippen LogP contribution in [0.15, 0.2) is 21.7 Å². The summed E-state index contributed by atoms with van der Waals surface area (Å²) < 4.78 is 0. The average Bonchev–Trinajstić information content (AvgIpc) is 2.34. The number of aromatic nitrogens is 2. The molecule has 23 heavy (non-hydrogen) atoms. The first-order valence-electron chi connectivity index (χ1n) is 7.56. The van der Waals surface area contributed by atoms with Crippen molar-refractivity contribution in [3.05, 3.63) is 55.4 Å². The van der Waals surface area contributed by atoms with Crippen molar-refractivity contribution < 1.29 is 10.2 Å². The fraction of sp³-hybridized carbons (Fsp3) is 0.412. The molecule has 0 aliphatic rings. The molecule has 0 saturated heterocycles. The van der Waals surface area contributed by atoms with Crippen LogP contribution in [0.1, 0.15) is 48.7 Å². The van der Waals surface area contributed by atoms with Crippen molar-refractivity contribution in [2.24, 2.45) is 5.92 Å². The van der Waals surface area contributed by atoms with E-state index in [-0.39, 0.29) is 28.5 Å². The molecular formula is C17H22N2O4. The summed E-state index contributed by atoms with van der Waals surface area (Å²) in [5, 5.41) is 20.5. The second-order valence-electron chi connectivity index (χ2n) is 6.34. The van der Waals surface area contributed by atoms with Gasteiger partial charge in [-0.05, 0) is 38.3 Å². The zero-order valence-corrected chi connectivity index (χ0v) is 13.7. The third-order valence-corrected chi connectivity index (χ3v) is 3.77. The number of pyridine rings is 2. The Balaban J connectivity index is 2.75. The lowest BCUT2D eigenvalue weighted by atomic mass is 9.84. The Hall–Kier alpha value is -2.50. The second kappa shape index (κ2) is 6.32.